The zero-order chi connectivity index (χ0) is 22.5. The van der Waals surface area contributed by atoms with Crippen LogP contribution in [0.4, 0.5) is 5.69 Å². The molecule has 0 spiro atoms. The molecule has 7 nitrogen and oxygen atoms in total. The summed E-state index contributed by atoms with van der Waals surface area (Å²) in [5.74, 6) is 0.791. The van der Waals surface area contributed by atoms with Gasteiger partial charge in [0.2, 0.25) is 0 Å². The van der Waals surface area contributed by atoms with Gasteiger partial charge < -0.3 is 24.4 Å². The fraction of sp³-hybridized carbons (Fsp3) is 0.391. The number of benzene rings is 2. The largest absolute Gasteiger partial charge is 0.493 e. The quantitative estimate of drug-likeness (QED) is 0.747. The summed E-state index contributed by atoms with van der Waals surface area (Å²) in [5, 5.41) is 2.75. The number of nitrogens with one attached hydrogen (secondary N) is 1. The average Bonchev–Trinajstić information content (AvgIpc) is 2.70. The van der Waals surface area contributed by atoms with E-state index in [4.69, 9.17) is 14.2 Å². The maximum Gasteiger partial charge on any atom is 0.262 e. The standard InChI is InChI=1S/C23H30N2O5/c1-23(2,3)16-10-8-9-11-18(16)30-14-21(26)24-17-13-20(29-7)19(28-6)12-15(17)22(27)25(4)5/h8-13H,14H2,1-7H3,(H,24,26). The van der Waals surface area contributed by atoms with Crippen molar-refractivity contribution in [1.29, 1.82) is 0 Å². The number of ether oxygens (including phenoxy) is 3. The third kappa shape index (κ3) is 5.43. The second-order valence-corrected chi connectivity index (χ2v) is 8.04. The Labute approximate surface area is 177 Å². The van der Waals surface area contributed by atoms with Crippen LogP contribution in [0.25, 0.3) is 0 Å². The van der Waals surface area contributed by atoms with Crippen LogP contribution < -0.4 is 19.5 Å². The molecule has 0 aliphatic heterocycles. The molecule has 0 aliphatic rings. The number of anilines is 1. The van der Waals surface area contributed by atoms with Crippen molar-refractivity contribution in [2.75, 3.05) is 40.2 Å². The molecule has 0 saturated heterocycles. The number of hydrogen-bond acceptors (Lipinski definition) is 5. The Bertz CT molecular complexity index is 916. The minimum atomic E-state index is -0.390. The van der Waals surface area contributed by atoms with Gasteiger partial charge in [-0.25, -0.2) is 0 Å². The van der Waals surface area contributed by atoms with E-state index in [2.05, 4.69) is 26.1 Å². The average molecular weight is 415 g/mol. The lowest BCUT2D eigenvalue weighted by molar-refractivity contribution is -0.118. The van der Waals surface area contributed by atoms with E-state index in [0.29, 0.717) is 28.5 Å². The van der Waals surface area contributed by atoms with Crippen LogP contribution >= 0.6 is 0 Å². The van der Waals surface area contributed by atoms with Gasteiger partial charge in [0.1, 0.15) is 5.75 Å². The maximum absolute atomic E-state index is 12.6. The number of nitrogens with zero attached hydrogens (tertiary/aromatic N) is 1. The topological polar surface area (TPSA) is 77.1 Å². The highest BCUT2D eigenvalue weighted by molar-refractivity contribution is 6.04. The SMILES string of the molecule is COc1cc(NC(=O)COc2ccccc2C(C)(C)C)c(C(=O)N(C)C)cc1OC. The Morgan fingerprint density at radius 3 is 2.13 bits per heavy atom. The van der Waals surface area contributed by atoms with Gasteiger partial charge in [-0.1, -0.05) is 39.0 Å². The Morgan fingerprint density at radius 1 is 0.967 bits per heavy atom. The predicted molar refractivity (Wildman–Crippen MR) is 117 cm³/mol. The first-order valence-corrected chi connectivity index (χ1v) is 9.58. The third-order valence-electron chi connectivity index (χ3n) is 4.49. The minimum Gasteiger partial charge on any atom is -0.493 e. The smallest absolute Gasteiger partial charge is 0.262 e. The molecule has 0 aliphatic carbocycles. The molecule has 2 rings (SSSR count). The number of amides is 2. The van der Waals surface area contributed by atoms with Crippen LogP contribution in [0.3, 0.4) is 0 Å². The van der Waals surface area contributed by atoms with Gasteiger partial charge in [-0.05, 0) is 23.1 Å². The molecule has 2 aromatic rings. The number of carbonyl (C=O) groups excluding carboxylic acids is 2. The molecule has 0 fully saturated rings. The lowest BCUT2D eigenvalue weighted by Crippen LogP contribution is -2.26. The Morgan fingerprint density at radius 2 is 1.57 bits per heavy atom. The summed E-state index contributed by atoms with van der Waals surface area (Å²) in [6.07, 6.45) is 0. The molecule has 0 unspecified atom stereocenters. The van der Waals surface area contributed by atoms with E-state index in [9.17, 15) is 9.59 Å². The van der Waals surface area contributed by atoms with Gasteiger partial charge in [-0.2, -0.15) is 0 Å². The van der Waals surface area contributed by atoms with Crippen LogP contribution in [0.2, 0.25) is 0 Å². The fourth-order valence-electron chi connectivity index (χ4n) is 2.94. The normalized spacial score (nSPS) is 10.9. The van der Waals surface area contributed by atoms with Crippen LogP contribution in [-0.2, 0) is 10.2 Å². The van der Waals surface area contributed by atoms with Crippen molar-refractivity contribution in [3.05, 3.63) is 47.5 Å². The van der Waals surface area contributed by atoms with E-state index in [0.717, 1.165) is 5.56 Å². The highest BCUT2D eigenvalue weighted by atomic mass is 16.5. The molecule has 30 heavy (non-hydrogen) atoms. The Balaban J connectivity index is 2.25. The first-order chi connectivity index (χ1) is 14.1. The summed E-state index contributed by atoms with van der Waals surface area (Å²) in [6.45, 7) is 6.05. The molecule has 0 aromatic heterocycles. The minimum absolute atomic E-state index is 0.123. The molecule has 2 aromatic carbocycles. The van der Waals surface area contributed by atoms with E-state index in [-0.39, 0.29) is 17.9 Å². The van der Waals surface area contributed by atoms with Crippen molar-refractivity contribution in [1.82, 2.24) is 4.90 Å². The number of hydrogen-bond donors (Lipinski definition) is 1. The number of para-hydroxylation sites is 1. The van der Waals surface area contributed by atoms with Crippen molar-refractivity contribution < 1.29 is 23.8 Å². The van der Waals surface area contributed by atoms with Gasteiger partial charge in [0, 0.05) is 20.2 Å². The van der Waals surface area contributed by atoms with Gasteiger partial charge in [0.05, 0.1) is 25.5 Å². The predicted octanol–water partition coefficient (Wildman–Crippen LogP) is 3.72. The monoisotopic (exact) mass is 414 g/mol. The number of methoxy groups -OCH3 is 2. The summed E-state index contributed by atoms with van der Waals surface area (Å²) in [6, 6.07) is 10.7. The van der Waals surface area contributed by atoms with E-state index in [1.807, 2.05) is 24.3 Å². The first-order valence-electron chi connectivity index (χ1n) is 9.58. The van der Waals surface area contributed by atoms with Crippen LogP contribution in [0.5, 0.6) is 17.2 Å². The van der Waals surface area contributed by atoms with Crippen molar-refractivity contribution >= 4 is 17.5 Å². The second kappa shape index (κ2) is 9.52. The molecule has 0 bridgehead atoms. The first kappa shape index (κ1) is 23.1. The fourth-order valence-corrected chi connectivity index (χ4v) is 2.94. The van der Waals surface area contributed by atoms with E-state index in [1.54, 1.807) is 26.2 Å². The summed E-state index contributed by atoms with van der Waals surface area (Å²) in [5.41, 5.74) is 1.50. The van der Waals surface area contributed by atoms with Crippen molar-refractivity contribution in [2.45, 2.75) is 26.2 Å². The molecular formula is C23H30N2O5. The van der Waals surface area contributed by atoms with Crippen molar-refractivity contribution in [2.24, 2.45) is 0 Å². The number of carbonyl (C=O) groups is 2. The van der Waals surface area contributed by atoms with Crippen LogP contribution in [0.15, 0.2) is 36.4 Å². The maximum atomic E-state index is 12.6. The van der Waals surface area contributed by atoms with E-state index < -0.39 is 5.91 Å². The van der Waals surface area contributed by atoms with Crippen LogP contribution in [0, 0.1) is 0 Å². The molecule has 0 heterocycles. The second-order valence-electron chi connectivity index (χ2n) is 8.04. The summed E-state index contributed by atoms with van der Waals surface area (Å²) < 4.78 is 16.4. The van der Waals surface area contributed by atoms with Crippen molar-refractivity contribution in [3.8, 4) is 17.2 Å². The highest BCUT2D eigenvalue weighted by Gasteiger charge is 2.21. The van der Waals surface area contributed by atoms with Gasteiger partial charge in [0.25, 0.3) is 11.8 Å². The van der Waals surface area contributed by atoms with E-state index >= 15 is 0 Å². The Kier molecular flexibility index (Phi) is 7.32. The van der Waals surface area contributed by atoms with Crippen LogP contribution in [0.1, 0.15) is 36.7 Å². The molecule has 0 radical (unpaired) electrons. The van der Waals surface area contributed by atoms with Gasteiger partial charge >= 0.3 is 0 Å². The summed E-state index contributed by atoms with van der Waals surface area (Å²) in [7, 11) is 6.25. The molecular weight excluding hydrogens is 384 g/mol. The van der Waals surface area contributed by atoms with E-state index in [1.165, 1.54) is 19.1 Å². The van der Waals surface area contributed by atoms with Gasteiger partial charge in [0.15, 0.2) is 18.1 Å². The molecule has 2 amide bonds. The zero-order valence-corrected chi connectivity index (χ0v) is 18.7. The molecule has 7 heteroatoms. The molecule has 1 N–H and O–H groups in total. The third-order valence-corrected chi connectivity index (χ3v) is 4.49. The lowest BCUT2D eigenvalue weighted by atomic mass is 9.86. The Hall–Kier alpha value is -3.22. The summed E-state index contributed by atoms with van der Waals surface area (Å²) >= 11 is 0. The number of rotatable bonds is 7. The lowest BCUT2D eigenvalue weighted by Gasteiger charge is -2.22. The van der Waals surface area contributed by atoms with Crippen LogP contribution in [-0.4, -0.2) is 51.6 Å². The molecule has 0 saturated carbocycles. The zero-order valence-electron chi connectivity index (χ0n) is 18.7. The van der Waals surface area contributed by atoms with Gasteiger partial charge in [-0.3, -0.25) is 9.59 Å². The summed E-state index contributed by atoms with van der Waals surface area (Å²) in [4.78, 5) is 26.6. The molecule has 162 valence electrons. The van der Waals surface area contributed by atoms with Crippen molar-refractivity contribution in [3.63, 3.8) is 0 Å². The van der Waals surface area contributed by atoms with Gasteiger partial charge in [-0.15, -0.1) is 0 Å². The molecule has 0 atom stereocenters. The highest BCUT2D eigenvalue weighted by Crippen LogP contribution is 2.34.